The van der Waals surface area contributed by atoms with Crippen LogP contribution in [0, 0.1) is 10.8 Å². The molecule has 2 unspecified atom stereocenters. The maximum atomic E-state index is 6.20. The van der Waals surface area contributed by atoms with Crippen LogP contribution in [0.2, 0.25) is 0 Å². The van der Waals surface area contributed by atoms with Crippen molar-refractivity contribution in [1.82, 2.24) is 5.32 Å². The fourth-order valence-electron chi connectivity index (χ4n) is 2.91. The minimum absolute atomic E-state index is 0.362. The first-order chi connectivity index (χ1) is 8.26. The number of ether oxygens (including phenoxy) is 1. The summed E-state index contributed by atoms with van der Waals surface area (Å²) in [5.41, 5.74) is 0.735. The van der Waals surface area contributed by atoms with Gasteiger partial charge in [-0.3, -0.25) is 0 Å². The van der Waals surface area contributed by atoms with Crippen LogP contribution in [-0.2, 0) is 4.74 Å². The van der Waals surface area contributed by atoms with Crippen LogP contribution in [0.15, 0.2) is 0 Å². The molecular weight excluding hydrogens is 222 g/mol. The summed E-state index contributed by atoms with van der Waals surface area (Å²) >= 11 is 0. The van der Waals surface area contributed by atoms with Gasteiger partial charge in [-0.15, -0.1) is 0 Å². The summed E-state index contributed by atoms with van der Waals surface area (Å²) in [5, 5.41) is 3.65. The summed E-state index contributed by atoms with van der Waals surface area (Å²) in [4.78, 5) is 0. The lowest BCUT2D eigenvalue weighted by molar-refractivity contribution is -0.0433. The second kappa shape index (κ2) is 6.38. The third kappa shape index (κ3) is 4.89. The van der Waals surface area contributed by atoms with Gasteiger partial charge in [0.1, 0.15) is 0 Å². The Morgan fingerprint density at radius 3 is 2.50 bits per heavy atom. The highest BCUT2D eigenvalue weighted by atomic mass is 16.5. The van der Waals surface area contributed by atoms with E-state index in [-0.39, 0.29) is 0 Å². The van der Waals surface area contributed by atoms with Crippen LogP contribution in [-0.4, -0.2) is 25.3 Å². The SMILES string of the molecule is CCNC1C(OCCC(C)(C)C)CCCC1(C)C. The molecular formula is C16H33NO. The zero-order valence-corrected chi connectivity index (χ0v) is 13.3. The van der Waals surface area contributed by atoms with Crippen molar-refractivity contribution in [3.63, 3.8) is 0 Å². The van der Waals surface area contributed by atoms with E-state index in [0.29, 0.717) is 23.0 Å². The van der Waals surface area contributed by atoms with E-state index in [2.05, 4.69) is 46.9 Å². The quantitative estimate of drug-likeness (QED) is 0.802. The number of hydrogen-bond acceptors (Lipinski definition) is 2. The van der Waals surface area contributed by atoms with Crippen LogP contribution in [0.25, 0.3) is 0 Å². The largest absolute Gasteiger partial charge is 0.377 e. The van der Waals surface area contributed by atoms with Gasteiger partial charge in [-0.25, -0.2) is 0 Å². The molecule has 18 heavy (non-hydrogen) atoms. The van der Waals surface area contributed by atoms with E-state index in [1.54, 1.807) is 0 Å². The first-order valence-corrected chi connectivity index (χ1v) is 7.61. The van der Waals surface area contributed by atoms with Crippen molar-refractivity contribution in [1.29, 1.82) is 0 Å². The van der Waals surface area contributed by atoms with Gasteiger partial charge in [-0.05, 0) is 36.6 Å². The summed E-state index contributed by atoms with van der Waals surface area (Å²) < 4.78 is 6.20. The summed E-state index contributed by atoms with van der Waals surface area (Å²) in [7, 11) is 0. The Labute approximate surface area is 114 Å². The fraction of sp³-hybridized carbons (Fsp3) is 1.00. The summed E-state index contributed by atoms with van der Waals surface area (Å²) in [6.45, 7) is 15.7. The highest BCUT2D eigenvalue weighted by molar-refractivity contribution is 4.94. The second-order valence-corrected chi connectivity index (χ2v) is 7.64. The number of nitrogens with one attached hydrogen (secondary N) is 1. The minimum atomic E-state index is 0.362. The van der Waals surface area contributed by atoms with Crippen molar-refractivity contribution >= 4 is 0 Å². The normalized spacial score (nSPS) is 28.3. The van der Waals surface area contributed by atoms with Gasteiger partial charge in [0.2, 0.25) is 0 Å². The molecule has 0 radical (unpaired) electrons. The predicted octanol–water partition coefficient (Wildman–Crippen LogP) is 4.00. The smallest absolute Gasteiger partial charge is 0.0733 e. The van der Waals surface area contributed by atoms with Crippen LogP contribution >= 0.6 is 0 Å². The van der Waals surface area contributed by atoms with E-state index >= 15 is 0 Å². The minimum Gasteiger partial charge on any atom is -0.377 e. The molecule has 108 valence electrons. The average Bonchev–Trinajstić information content (AvgIpc) is 2.20. The average molecular weight is 255 g/mol. The Bertz CT molecular complexity index is 242. The molecule has 0 saturated heterocycles. The Hall–Kier alpha value is -0.0800. The highest BCUT2D eigenvalue weighted by Gasteiger charge is 2.38. The molecule has 1 rings (SSSR count). The summed E-state index contributed by atoms with van der Waals surface area (Å²) in [5.74, 6) is 0. The second-order valence-electron chi connectivity index (χ2n) is 7.64. The molecule has 0 aromatic carbocycles. The Morgan fingerprint density at radius 2 is 1.94 bits per heavy atom. The molecule has 0 amide bonds. The van der Waals surface area contributed by atoms with E-state index < -0.39 is 0 Å². The third-order valence-electron chi connectivity index (χ3n) is 4.13. The zero-order valence-electron chi connectivity index (χ0n) is 13.3. The van der Waals surface area contributed by atoms with E-state index in [4.69, 9.17) is 4.74 Å². The van der Waals surface area contributed by atoms with Gasteiger partial charge >= 0.3 is 0 Å². The number of hydrogen-bond donors (Lipinski definition) is 1. The molecule has 0 spiro atoms. The molecule has 1 aliphatic carbocycles. The van der Waals surface area contributed by atoms with Crippen LogP contribution in [0.5, 0.6) is 0 Å². The topological polar surface area (TPSA) is 21.3 Å². The molecule has 1 saturated carbocycles. The van der Waals surface area contributed by atoms with Crippen molar-refractivity contribution in [2.45, 2.75) is 79.4 Å². The number of rotatable bonds is 5. The van der Waals surface area contributed by atoms with Crippen molar-refractivity contribution in [2.24, 2.45) is 10.8 Å². The van der Waals surface area contributed by atoms with Gasteiger partial charge in [-0.2, -0.15) is 0 Å². The lowest BCUT2D eigenvalue weighted by atomic mass is 9.71. The van der Waals surface area contributed by atoms with Gasteiger partial charge in [0.25, 0.3) is 0 Å². The fourth-order valence-corrected chi connectivity index (χ4v) is 2.91. The van der Waals surface area contributed by atoms with Crippen LogP contribution in [0.4, 0.5) is 0 Å². The summed E-state index contributed by atoms with van der Waals surface area (Å²) in [6, 6.07) is 0.510. The van der Waals surface area contributed by atoms with Crippen molar-refractivity contribution in [2.75, 3.05) is 13.2 Å². The lowest BCUT2D eigenvalue weighted by Crippen LogP contribution is -2.53. The predicted molar refractivity (Wildman–Crippen MR) is 78.9 cm³/mol. The Morgan fingerprint density at radius 1 is 1.28 bits per heavy atom. The van der Waals surface area contributed by atoms with Gasteiger partial charge in [-0.1, -0.05) is 48.0 Å². The molecule has 2 nitrogen and oxygen atoms in total. The molecule has 0 bridgehead atoms. The van der Waals surface area contributed by atoms with Crippen molar-refractivity contribution in [3.05, 3.63) is 0 Å². The van der Waals surface area contributed by atoms with Crippen molar-refractivity contribution < 1.29 is 4.74 Å². The molecule has 2 heteroatoms. The van der Waals surface area contributed by atoms with Gasteiger partial charge < -0.3 is 10.1 Å². The molecule has 0 aromatic heterocycles. The van der Waals surface area contributed by atoms with Gasteiger partial charge in [0.05, 0.1) is 6.10 Å². The number of likely N-dealkylation sites (N-methyl/N-ethyl adjacent to an activating group) is 1. The summed E-state index contributed by atoms with van der Waals surface area (Å²) in [6.07, 6.45) is 5.36. The van der Waals surface area contributed by atoms with E-state index in [9.17, 15) is 0 Å². The first-order valence-electron chi connectivity index (χ1n) is 7.61. The van der Waals surface area contributed by atoms with Crippen LogP contribution in [0.3, 0.4) is 0 Å². The Balaban J connectivity index is 2.51. The maximum absolute atomic E-state index is 6.20. The van der Waals surface area contributed by atoms with Gasteiger partial charge in [0.15, 0.2) is 0 Å². The molecule has 1 aliphatic rings. The highest BCUT2D eigenvalue weighted by Crippen LogP contribution is 2.37. The Kier molecular flexibility index (Phi) is 5.67. The molecule has 0 aromatic rings. The van der Waals surface area contributed by atoms with Crippen LogP contribution < -0.4 is 5.32 Å². The van der Waals surface area contributed by atoms with E-state index in [1.165, 1.54) is 19.3 Å². The maximum Gasteiger partial charge on any atom is 0.0733 e. The monoisotopic (exact) mass is 255 g/mol. The molecule has 1 N–H and O–H groups in total. The van der Waals surface area contributed by atoms with Crippen molar-refractivity contribution in [3.8, 4) is 0 Å². The van der Waals surface area contributed by atoms with E-state index in [0.717, 1.165) is 19.6 Å². The molecule has 2 atom stereocenters. The van der Waals surface area contributed by atoms with E-state index in [1.807, 2.05) is 0 Å². The van der Waals surface area contributed by atoms with Gasteiger partial charge in [0, 0.05) is 12.6 Å². The third-order valence-corrected chi connectivity index (χ3v) is 4.13. The molecule has 0 aliphatic heterocycles. The standard InChI is InChI=1S/C16H33NO/c1-7-17-14-13(9-8-10-16(14,5)6)18-12-11-15(2,3)4/h13-14,17H,7-12H2,1-6H3. The van der Waals surface area contributed by atoms with Crippen LogP contribution in [0.1, 0.15) is 67.2 Å². The lowest BCUT2D eigenvalue weighted by Gasteiger charge is -2.44. The first kappa shape index (κ1) is 16.0. The zero-order chi connectivity index (χ0) is 13.8. The molecule has 0 heterocycles. The molecule has 1 fully saturated rings.